The normalized spacial score (nSPS) is 19.8. The molecule has 1 saturated heterocycles. The molecule has 1 aliphatic heterocycles. The number of aromatic amines is 1. The molecule has 1 fully saturated rings. The van der Waals surface area contributed by atoms with Crippen molar-refractivity contribution in [1.82, 2.24) is 25.0 Å². The van der Waals surface area contributed by atoms with Crippen LogP contribution in [0.4, 0.5) is 0 Å². The van der Waals surface area contributed by atoms with Crippen molar-refractivity contribution in [2.24, 2.45) is 13.0 Å². The summed E-state index contributed by atoms with van der Waals surface area (Å²) in [5.74, 6) is -0.430. The average molecular weight is 351 g/mol. The maximum Gasteiger partial charge on any atom is 0.254 e. The van der Waals surface area contributed by atoms with E-state index in [0.717, 1.165) is 16.5 Å². The Morgan fingerprint density at radius 2 is 2.12 bits per heavy atom. The Balaban J connectivity index is 1.66. The van der Waals surface area contributed by atoms with Crippen LogP contribution in [-0.2, 0) is 11.8 Å². The number of hydrogen-bond acceptors (Lipinski definition) is 3. The number of likely N-dealkylation sites (tertiary alicyclic amines) is 1. The zero-order chi connectivity index (χ0) is 18.3. The van der Waals surface area contributed by atoms with Crippen molar-refractivity contribution in [3.05, 3.63) is 54.0 Å². The summed E-state index contributed by atoms with van der Waals surface area (Å²) in [6.45, 7) is 0.905. The lowest BCUT2D eigenvalue weighted by Crippen LogP contribution is -2.33. The maximum absolute atomic E-state index is 13.2. The molecule has 0 radical (unpaired) electrons. The Bertz CT molecular complexity index is 973. The van der Waals surface area contributed by atoms with E-state index in [2.05, 4.69) is 15.4 Å². The average Bonchev–Trinajstić information content (AvgIpc) is 3.38. The van der Waals surface area contributed by atoms with Gasteiger partial charge in [-0.05, 0) is 23.8 Å². The summed E-state index contributed by atoms with van der Waals surface area (Å²) in [5.41, 5.74) is 2.57. The van der Waals surface area contributed by atoms with Gasteiger partial charge in [0.2, 0.25) is 5.91 Å². The fourth-order valence-corrected chi connectivity index (χ4v) is 3.83. The molecule has 0 aliphatic carbocycles. The van der Waals surface area contributed by atoms with E-state index in [0.29, 0.717) is 18.7 Å². The lowest BCUT2D eigenvalue weighted by atomic mass is 9.90. The fourth-order valence-electron chi connectivity index (χ4n) is 3.83. The number of amides is 2. The third-order valence-corrected chi connectivity index (χ3v) is 5.17. The van der Waals surface area contributed by atoms with Gasteiger partial charge in [-0.3, -0.25) is 14.3 Å². The van der Waals surface area contributed by atoms with Gasteiger partial charge in [-0.1, -0.05) is 6.07 Å². The third kappa shape index (κ3) is 2.65. The molecule has 0 saturated carbocycles. The number of carbonyl (C=O) groups is 2. The molecule has 0 unspecified atom stereocenters. The van der Waals surface area contributed by atoms with Gasteiger partial charge in [0, 0.05) is 62.0 Å². The number of benzene rings is 1. The van der Waals surface area contributed by atoms with Gasteiger partial charge in [-0.25, -0.2) is 0 Å². The van der Waals surface area contributed by atoms with E-state index in [9.17, 15) is 9.59 Å². The number of nitrogens with one attached hydrogen (secondary N) is 2. The van der Waals surface area contributed by atoms with E-state index in [1.54, 1.807) is 22.8 Å². The number of aryl methyl sites for hydroxylation is 1. The van der Waals surface area contributed by atoms with Crippen molar-refractivity contribution in [2.75, 3.05) is 20.1 Å². The van der Waals surface area contributed by atoms with Crippen LogP contribution in [0.1, 0.15) is 21.8 Å². The number of fused-ring (bicyclic) bond motifs is 1. The first kappa shape index (κ1) is 16.4. The summed E-state index contributed by atoms with van der Waals surface area (Å²) in [6, 6.07) is 7.57. The quantitative estimate of drug-likeness (QED) is 0.750. The van der Waals surface area contributed by atoms with Gasteiger partial charge in [-0.2, -0.15) is 5.10 Å². The number of rotatable bonds is 3. The molecule has 1 aliphatic rings. The van der Waals surface area contributed by atoms with Gasteiger partial charge in [0.05, 0.1) is 12.1 Å². The predicted molar refractivity (Wildman–Crippen MR) is 97.7 cm³/mol. The standard InChI is InChI=1S/C19H21N5O2/c1-20-18(25)16-11-24(10-15(16)12-8-22-23(2)9-12)19(26)14-4-3-5-17-13(14)6-7-21-17/h3-9,15-16,21H,10-11H2,1-2H3,(H,20,25)/t15-,16+/m1/s1. The molecule has 3 aromatic rings. The molecular formula is C19H21N5O2. The van der Waals surface area contributed by atoms with E-state index in [1.807, 2.05) is 43.7 Å². The molecule has 0 spiro atoms. The van der Waals surface area contributed by atoms with Gasteiger partial charge in [0.1, 0.15) is 0 Å². The minimum atomic E-state index is -0.279. The Morgan fingerprint density at radius 3 is 2.85 bits per heavy atom. The van der Waals surface area contributed by atoms with Crippen LogP contribution in [0.3, 0.4) is 0 Å². The van der Waals surface area contributed by atoms with Crippen LogP contribution < -0.4 is 5.32 Å². The Kier molecular flexibility index (Phi) is 3.99. The third-order valence-electron chi connectivity index (χ3n) is 5.17. The Hall–Kier alpha value is -3.09. The predicted octanol–water partition coefficient (Wildman–Crippen LogP) is 1.50. The summed E-state index contributed by atoms with van der Waals surface area (Å²) < 4.78 is 1.72. The highest BCUT2D eigenvalue weighted by Gasteiger charge is 2.41. The first-order valence-electron chi connectivity index (χ1n) is 8.64. The topological polar surface area (TPSA) is 83.0 Å². The first-order valence-corrected chi connectivity index (χ1v) is 8.64. The molecule has 0 bridgehead atoms. The molecular weight excluding hydrogens is 330 g/mol. The molecule has 1 aromatic carbocycles. The summed E-state index contributed by atoms with van der Waals surface area (Å²) in [4.78, 5) is 30.5. The fraction of sp³-hybridized carbons (Fsp3) is 0.316. The summed E-state index contributed by atoms with van der Waals surface area (Å²) in [6.07, 6.45) is 5.53. The van der Waals surface area contributed by atoms with Gasteiger partial charge >= 0.3 is 0 Å². The number of aromatic nitrogens is 3. The van der Waals surface area contributed by atoms with E-state index in [-0.39, 0.29) is 23.7 Å². The number of H-pyrrole nitrogens is 1. The van der Waals surface area contributed by atoms with Crippen LogP contribution in [-0.4, -0.2) is 51.6 Å². The zero-order valence-electron chi connectivity index (χ0n) is 14.8. The van der Waals surface area contributed by atoms with E-state index in [4.69, 9.17) is 0 Å². The molecule has 7 nitrogen and oxygen atoms in total. The Labute approximate surface area is 151 Å². The van der Waals surface area contributed by atoms with Gasteiger partial charge in [-0.15, -0.1) is 0 Å². The lowest BCUT2D eigenvalue weighted by Gasteiger charge is -2.17. The highest BCUT2D eigenvalue weighted by molar-refractivity contribution is 6.06. The molecule has 2 atom stereocenters. The molecule has 3 heterocycles. The summed E-state index contributed by atoms with van der Waals surface area (Å²) in [5, 5.41) is 7.85. The van der Waals surface area contributed by atoms with Crippen molar-refractivity contribution >= 4 is 22.7 Å². The number of nitrogens with zero attached hydrogens (tertiary/aromatic N) is 3. The minimum absolute atomic E-state index is 0.0458. The van der Waals surface area contributed by atoms with Crippen molar-refractivity contribution in [2.45, 2.75) is 5.92 Å². The van der Waals surface area contributed by atoms with Gasteiger partial charge < -0.3 is 15.2 Å². The van der Waals surface area contributed by atoms with Crippen LogP contribution in [0, 0.1) is 5.92 Å². The molecule has 2 N–H and O–H groups in total. The van der Waals surface area contributed by atoms with E-state index >= 15 is 0 Å². The van der Waals surface area contributed by atoms with Gasteiger partial charge in [0.15, 0.2) is 0 Å². The van der Waals surface area contributed by atoms with Crippen molar-refractivity contribution in [3.8, 4) is 0 Å². The maximum atomic E-state index is 13.2. The van der Waals surface area contributed by atoms with Crippen molar-refractivity contribution < 1.29 is 9.59 Å². The largest absolute Gasteiger partial charge is 0.361 e. The second-order valence-corrected chi connectivity index (χ2v) is 6.73. The van der Waals surface area contributed by atoms with Crippen LogP contribution in [0.15, 0.2) is 42.9 Å². The SMILES string of the molecule is CNC(=O)[C@H]1CN(C(=O)c2cccc3[nH]ccc23)C[C@@H]1c1cnn(C)c1. The molecule has 4 rings (SSSR count). The Morgan fingerprint density at radius 1 is 1.27 bits per heavy atom. The van der Waals surface area contributed by atoms with Crippen LogP contribution in [0.25, 0.3) is 10.9 Å². The minimum Gasteiger partial charge on any atom is -0.361 e. The highest BCUT2D eigenvalue weighted by atomic mass is 16.2. The van der Waals surface area contributed by atoms with E-state index in [1.165, 1.54) is 0 Å². The second-order valence-electron chi connectivity index (χ2n) is 6.73. The molecule has 7 heteroatoms. The summed E-state index contributed by atoms with van der Waals surface area (Å²) in [7, 11) is 3.48. The van der Waals surface area contributed by atoms with Crippen molar-refractivity contribution in [1.29, 1.82) is 0 Å². The van der Waals surface area contributed by atoms with Gasteiger partial charge in [0.25, 0.3) is 5.91 Å². The van der Waals surface area contributed by atoms with Crippen LogP contribution in [0.2, 0.25) is 0 Å². The summed E-state index contributed by atoms with van der Waals surface area (Å²) >= 11 is 0. The number of carbonyl (C=O) groups excluding carboxylic acids is 2. The smallest absolute Gasteiger partial charge is 0.254 e. The first-order chi connectivity index (χ1) is 12.6. The van der Waals surface area contributed by atoms with Crippen LogP contribution >= 0.6 is 0 Å². The monoisotopic (exact) mass is 351 g/mol. The van der Waals surface area contributed by atoms with E-state index < -0.39 is 0 Å². The second kappa shape index (κ2) is 6.33. The molecule has 2 amide bonds. The van der Waals surface area contributed by atoms with Crippen LogP contribution in [0.5, 0.6) is 0 Å². The number of hydrogen-bond donors (Lipinski definition) is 2. The van der Waals surface area contributed by atoms with Crippen molar-refractivity contribution in [3.63, 3.8) is 0 Å². The highest BCUT2D eigenvalue weighted by Crippen LogP contribution is 2.34. The lowest BCUT2D eigenvalue weighted by molar-refractivity contribution is -0.124. The molecule has 26 heavy (non-hydrogen) atoms. The molecule has 134 valence electrons. The molecule has 2 aromatic heterocycles. The zero-order valence-corrected chi connectivity index (χ0v) is 14.8.